The third-order valence-corrected chi connectivity index (χ3v) is 4.29. The van der Waals surface area contributed by atoms with Gasteiger partial charge < -0.3 is 18.5 Å². The van der Waals surface area contributed by atoms with Crippen LogP contribution >= 0.6 is 23.2 Å². The van der Waals surface area contributed by atoms with Crippen molar-refractivity contribution < 1.29 is 13.6 Å². The lowest BCUT2D eigenvalue weighted by Crippen LogP contribution is -2.29. The Hall–Kier alpha value is -1.69. The Labute approximate surface area is 155 Å². The summed E-state index contributed by atoms with van der Waals surface area (Å²) in [5.74, 6) is 1.61. The first-order valence-electron chi connectivity index (χ1n) is 8.14. The molecule has 0 unspecified atom stereocenters. The molecular formula is C18H19Cl2NO4. The molecule has 0 N–H and O–H groups in total. The largest absolute Gasteiger partial charge is 0.486 e. The maximum atomic E-state index is 11.6. The van der Waals surface area contributed by atoms with Crippen LogP contribution < -0.4 is 10.4 Å². The molecule has 0 atom stereocenters. The van der Waals surface area contributed by atoms with Crippen LogP contribution in [0.1, 0.15) is 6.42 Å². The van der Waals surface area contributed by atoms with Gasteiger partial charge in [0.2, 0.25) is 5.75 Å². The molecule has 3 rings (SSSR count). The summed E-state index contributed by atoms with van der Waals surface area (Å²) in [6.07, 6.45) is 2.39. The average molecular weight is 384 g/mol. The second-order valence-electron chi connectivity index (χ2n) is 5.64. The predicted molar refractivity (Wildman–Crippen MR) is 100 cm³/mol. The molecule has 2 heterocycles. The SMILES string of the molecule is O=c1ccc2cc3ccoc3c(OCCCN(CCCl)CCCl)c2o1. The third-order valence-electron chi connectivity index (χ3n) is 3.95. The molecule has 0 aliphatic rings. The Morgan fingerprint density at radius 3 is 2.52 bits per heavy atom. The molecule has 0 aliphatic carbocycles. The molecule has 0 saturated heterocycles. The van der Waals surface area contributed by atoms with Gasteiger partial charge >= 0.3 is 5.63 Å². The van der Waals surface area contributed by atoms with Gasteiger partial charge in [0.05, 0.1) is 12.9 Å². The molecule has 0 amide bonds. The van der Waals surface area contributed by atoms with E-state index in [9.17, 15) is 4.79 Å². The molecule has 0 bridgehead atoms. The lowest BCUT2D eigenvalue weighted by molar-refractivity contribution is 0.250. The van der Waals surface area contributed by atoms with E-state index >= 15 is 0 Å². The van der Waals surface area contributed by atoms with E-state index in [1.165, 1.54) is 6.07 Å². The number of fused-ring (bicyclic) bond motifs is 2. The van der Waals surface area contributed by atoms with Gasteiger partial charge in [-0.3, -0.25) is 0 Å². The van der Waals surface area contributed by atoms with Gasteiger partial charge in [-0.05, 0) is 24.6 Å². The average Bonchev–Trinajstić information content (AvgIpc) is 3.06. The fraction of sp³-hybridized carbons (Fsp3) is 0.389. The minimum Gasteiger partial charge on any atom is -0.486 e. The Morgan fingerprint density at radius 1 is 1.00 bits per heavy atom. The van der Waals surface area contributed by atoms with Gasteiger partial charge in [-0.1, -0.05) is 0 Å². The summed E-state index contributed by atoms with van der Waals surface area (Å²) in [6, 6.07) is 6.89. The second-order valence-corrected chi connectivity index (χ2v) is 6.39. The molecule has 0 radical (unpaired) electrons. The van der Waals surface area contributed by atoms with Crippen molar-refractivity contribution >= 4 is 45.1 Å². The summed E-state index contributed by atoms with van der Waals surface area (Å²) in [4.78, 5) is 13.8. The summed E-state index contributed by atoms with van der Waals surface area (Å²) < 4.78 is 16.8. The standard InChI is InChI=1S/C18H19Cl2NO4/c19-5-8-21(9-6-20)7-1-10-23-18-16-14(4-11-24-16)12-13-2-3-15(22)25-17(13)18/h2-4,11-12H,1,5-10H2. The number of furan rings is 1. The molecule has 2 aromatic heterocycles. The van der Waals surface area contributed by atoms with E-state index in [4.69, 9.17) is 36.8 Å². The van der Waals surface area contributed by atoms with Gasteiger partial charge in [0.15, 0.2) is 11.2 Å². The summed E-state index contributed by atoms with van der Waals surface area (Å²) >= 11 is 11.6. The quantitative estimate of drug-likeness (QED) is 0.316. The van der Waals surface area contributed by atoms with E-state index in [0.717, 1.165) is 36.8 Å². The highest BCUT2D eigenvalue weighted by atomic mass is 35.5. The van der Waals surface area contributed by atoms with Crippen LogP contribution in [0.15, 0.2) is 44.2 Å². The molecule has 3 aromatic rings. The second kappa shape index (κ2) is 8.61. The molecule has 0 aliphatic heterocycles. The highest BCUT2D eigenvalue weighted by Crippen LogP contribution is 2.34. The van der Waals surface area contributed by atoms with E-state index in [2.05, 4.69) is 4.90 Å². The molecule has 5 nitrogen and oxygen atoms in total. The molecule has 134 valence electrons. The normalized spacial score (nSPS) is 11.6. The van der Waals surface area contributed by atoms with E-state index < -0.39 is 5.63 Å². The monoisotopic (exact) mass is 383 g/mol. The molecule has 0 spiro atoms. The van der Waals surface area contributed by atoms with Gasteiger partial charge in [-0.25, -0.2) is 4.79 Å². The summed E-state index contributed by atoms with van der Waals surface area (Å²) in [5.41, 5.74) is 0.576. The van der Waals surface area contributed by atoms with Crippen LogP contribution in [0.25, 0.3) is 21.9 Å². The Morgan fingerprint density at radius 2 is 1.76 bits per heavy atom. The van der Waals surface area contributed by atoms with E-state index in [0.29, 0.717) is 35.3 Å². The number of ether oxygens (including phenoxy) is 1. The fourth-order valence-corrected chi connectivity index (χ4v) is 3.25. The number of nitrogens with zero attached hydrogens (tertiary/aromatic N) is 1. The molecule has 1 aromatic carbocycles. The number of rotatable bonds is 9. The number of hydrogen-bond acceptors (Lipinski definition) is 5. The summed E-state index contributed by atoms with van der Waals surface area (Å²) in [5, 5.41) is 1.71. The van der Waals surface area contributed by atoms with Crippen molar-refractivity contribution in [3.05, 3.63) is 40.9 Å². The van der Waals surface area contributed by atoms with Crippen molar-refractivity contribution in [2.45, 2.75) is 6.42 Å². The smallest absolute Gasteiger partial charge is 0.336 e. The molecule has 7 heteroatoms. The Kier molecular flexibility index (Phi) is 6.24. The third kappa shape index (κ3) is 4.29. The van der Waals surface area contributed by atoms with Crippen LogP contribution in [0.3, 0.4) is 0 Å². The Bertz CT molecular complexity index is 884. The van der Waals surface area contributed by atoms with Crippen LogP contribution in [0.5, 0.6) is 5.75 Å². The highest BCUT2D eigenvalue weighted by molar-refractivity contribution is 6.18. The fourth-order valence-electron chi connectivity index (χ4n) is 2.77. The van der Waals surface area contributed by atoms with Crippen molar-refractivity contribution in [1.82, 2.24) is 4.90 Å². The molecule has 0 fully saturated rings. The number of benzene rings is 1. The van der Waals surface area contributed by atoms with E-state index in [1.54, 1.807) is 12.3 Å². The predicted octanol–water partition coefficient (Wildman–Crippen LogP) is 4.09. The van der Waals surface area contributed by atoms with Crippen molar-refractivity contribution in [1.29, 1.82) is 0 Å². The topological polar surface area (TPSA) is 55.8 Å². The van der Waals surface area contributed by atoms with Crippen LogP contribution in [-0.2, 0) is 0 Å². The van der Waals surface area contributed by atoms with Crippen molar-refractivity contribution in [2.75, 3.05) is 38.0 Å². The van der Waals surface area contributed by atoms with Gasteiger partial charge in [-0.15, -0.1) is 23.2 Å². The van der Waals surface area contributed by atoms with Gasteiger partial charge in [0.1, 0.15) is 0 Å². The summed E-state index contributed by atoms with van der Waals surface area (Å²) in [6.45, 7) is 2.88. The van der Waals surface area contributed by atoms with Gasteiger partial charge in [0, 0.05) is 48.2 Å². The van der Waals surface area contributed by atoms with E-state index in [-0.39, 0.29) is 0 Å². The lowest BCUT2D eigenvalue weighted by atomic mass is 10.1. The highest BCUT2D eigenvalue weighted by Gasteiger charge is 2.15. The maximum Gasteiger partial charge on any atom is 0.336 e. The number of halogens is 2. The van der Waals surface area contributed by atoms with Crippen molar-refractivity contribution in [2.24, 2.45) is 0 Å². The van der Waals surface area contributed by atoms with Crippen LogP contribution in [0.4, 0.5) is 0 Å². The number of alkyl halides is 2. The zero-order valence-corrected chi connectivity index (χ0v) is 15.2. The molecule has 0 saturated carbocycles. The van der Waals surface area contributed by atoms with Crippen LogP contribution in [-0.4, -0.2) is 42.9 Å². The number of hydrogen-bond donors (Lipinski definition) is 0. The minimum absolute atomic E-state index is 0.410. The van der Waals surface area contributed by atoms with Crippen LogP contribution in [0, 0.1) is 0 Å². The van der Waals surface area contributed by atoms with E-state index in [1.807, 2.05) is 12.1 Å². The van der Waals surface area contributed by atoms with Gasteiger partial charge in [-0.2, -0.15) is 0 Å². The minimum atomic E-state index is -0.418. The first kappa shape index (κ1) is 18.1. The van der Waals surface area contributed by atoms with Crippen LogP contribution in [0.2, 0.25) is 0 Å². The zero-order chi connectivity index (χ0) is 17.6. The first-order chi connectivity index (χ1) is 12.2. The van der Waals surface area contributed by atoms with Crippen molar-refractivity contribution in [3.8, 4) is 5.75 Å². The first-order valence-corrected chi connectivity index (χ1v) is 9.21. The van der Waals surface area contributed by atoms with Crippen molar-refractivity contribution in [3.63, 3.8) is 0 Å². The maximum absolute atomic E-state index is 11.6. The molecule has 25 heavy (non-hydrogen) atoms. The zero-order valence-electron chi connectivity index (χ0n) is 13.7. The molecular weight excluding hydrogens is 365 g/mol. The summed E-state index contributed by atoms with van der Waals surface area (Å²) in [7, 11) is 0. The Balaban J connectivity index is 1.76. The van der Waals surface area contributed by atoms with Gasteiger partial charge in [0.25, 0.3) is 0 Å². The lowest BCUT2D eigenvalue weighted by Gasteiger charge is -2.19.